The fourth-order valence-corrected chi connectivity index (χ4v) is 5.66. The number of carbonyl (C=O) groups excluding carboxylic acids is 1. The first-order valence-corrected chi connectivity index (χ1v) is 11.5. The minimum atomic E-state index is -0.112. The van der Waals surface area contributed by atoms with Gasteiger partial charge in [0.25, 0.3) is 5.56 Å². The maximum Gasteiger partial charge on any atom is 0.259 e. The normalized spacial score (nSPS) is 16.1. The maximum atomic E-state index is 12.6. The molecular formula is C22H25N5O2S. The lowest BCUT2D eigenvalue weighted by atomic mass is 9.97. The predicted molar refractivity (Wildman–Crippen MR) is 120 cm³/mol. The highest BCUT2D eigenvalue weighted by atomic mass is 32.1. The van der Waals surface area contributed by atoms with Crippen molar-refractivity contribution < 1.29 is 4.79 Å². The molecule has 156 valence electrons. The Labute approximate surface area is 178 Å². The highest BCUT2D eigenvalue weighted by molar-refractivity contribution is 7.18. The quantitative estimate of drug-likeness (QED) is 0.656. The summed E-state index contributed by atoms with van der Waals surface area (Å²) >= 11 is 1.63. The van der Waals surface area contributed by atoms with Crippen LogP contribution in [0.5, 0.6) is 0 Å². The largest absolute Gasteiger partial charge is 0.357 e. The number of fused-ring (bicyclic) bond motifs is 3. The van der Waals surface area contributed by atoms with Gasteiger partial charge in [0.05, 0.1) is 17.3 Å². The van der Waals surface area contributed by atoms with E-state index in [1.165, 1.54) is 29.7 Å². The van der Waals surface area contributed by atoms with Gasteiger partial charge >= 0.3 is 0 Å². The average Bonchev–Trinajstić information content (AvgIpc) is 3.41. The average molecular weight is 424 g/mol. The molecule has 0 spiro atoms. The lowest BCUT2D eigenvalue weighted by molar-refractivity contribution is -0.116. The lowest BCUT2D eigenvalue weighted by Gasteiger charge is -2.16. The van der Waals surface area contributed by atoms with E-state index in [1.807, 2.05) is 12.1 Å². The zero-order valence-electron chi connectivity index (χ0n) is 16.9. The van der Waals surface area contributed by atoms with E-state index in [0.717, 1.165) is 48.4 Å². The zero-order valence-corrected chi connectivity index (χ0v) is 17.7. The summed E-state index contributed by atoms with van der Waals surface area (Å²) in [7, 11) is 0. The molecule has 3 aromatic rings. The molecule has 0 bridgehead atoms. The van der Waals surface area contributed by atoms with Crippen molar-refractivity contribution in [3.05, 3.63) is 44.9 Å². The summed E-state index contributed by atoms with van der Waals surface area (Å²) in [5.74, 6) is 1.42. The number of H-pyrrole nitrogens is 1. The van der Waals surface area contributed by atoms with Crippen molar-refractivity contribution in [1.82, 2.24) is 15.0 Å². The van der Waals surface area contributed by atoms with Crippen LogP contribution < -0.4 is 15.8 Å². The first-order valence-electron chi connectivity index (χ1n) is 10.7. The Morgan fingerprint density at radius 2 is 2.00 bits per heavy atom. The van der Waals surface area contributed by atoms with Crippen molar-refractivity contribution in [3.63, 3.8) is 0 Å². The Bertz CT molecular complexity index is 1130. The molecule has 0 unspecified atom stereocenters. The van der Waals surface area contributed by atoms with Crippen LogP contribution in [0.25, 0.3) is 10.2 Å². The lowest BCUT2D eigenvalue weighted by Crippen LogP contribution is -2.19. The van der Waals surface area contributed by atoms with Crippen LogP contribution in [0.2, 0.25) is 0 Å². The molecule has 1 saturated heterocycles. The van der Waals surface area contributed by atoms with Crippen LogP contribution in [-0.2, 0) is 24.1 Å². The van der Waals surface area contributed by atoms with E-state index < -0.39 is 0 Å². The summed E-state index contributed by atoms with van der Waals surface area (Å²) in [6.07, 6.45) is 9.09. The Balaban J connectivity index is 1.23. The van der Waals surface area contributed by atoms with E-state index in [1.54, 1.807) is 17.5 Å². The van der Waals surface area contributed by atoms with Gasteiger partial charge in [-0.15, -0.1) is 11.3 Å². The van der Waals surface area contributed by atoms with Crippen molar-refractivity contribution >= 4 is 39.0 Å². The van der Waals surface area contributed by atoms with Gasteiger partial charge in [0.15, 0.2) is 0 Å². The third-order valence-electron chi connectivity index (χ3n) is 5.92. The summed E-state index contributed by atoms with van der Waals surface area (Å²) in [6.45, 7) is 2.09. The summed E-state index contributed by atoms with van der Waals surface area (Å²) in [5.41, 5.74) is 1.80. The standard InChI is InChI=1S/C22H25N5O2S/c28-19(24-14-7-9-18(23-13-14)27-11-3-4-12-27)10-8-17-25-21(29)20-15-5-1-2-6-16(15)30-22(20)26-17/h7,9,13H,1-6,8,10-12H2,(H,24,28)(H,25,26,29). The molecule has 0 atom stereocenters. The van der Waals surface area contributed by atoms with E-state index in [2.05, 4.69) is 25.2 Å². The van der Waals surface area contributed by atoms with Crippen molar-refractivity contribution in [2.45, 2.75) is 51.4 Å². The minimum absolute atomic E-state index is 0.0727. The van der Waals surface area contributed by atoms with Gasteiger partial charge in [0.1, 0.15) is 16.5 Å². The van der Waals surface area contributed by atoms with Crippen molar-refractivity contribution in [3.8, 4) is 0 Å². The van der Waals surface area contributed by atoms with Crippen LogP contribution >= 0.6 is 11.3 Å². The number of amides is 1. The molecule has 30 heavy (non-hydrogen) atoms. The second-order valence-corrected chi connectivity index (χ2v) is 9.13. The smallest absolute Gasteiger partial charge is 0.259 e. The summed E-state index contributed by atoms with van der Waals surface area (Å²) in [4.78, 5) is 41.3. The third-order valence-corrected chi connectivity index (χ3v) is 7.11. The number of hydrogen-bond acceptors (Lipinski definition) is 6. The van der Waals surface area contributed by atoms with E-state index in [9.17, 15) is 9.59 Å². The fourth-order valence-electron chi connectivity index (χ4n) is 4.38. The molecular weight excluding hydrogens is 398 g/mol. The molecule has 2 aliphatic rings. The van der Waals surface area contributed by atoms with Crippen LogP contribution in [0.3, 0.4) is 0 Å². The second kappa shape index (κ2) is 8.18. The van der Waals surface area contributed by atoms with Crippen LogP contribution in [-0.4, -0.2) is 33.9 Å². The number of thiophene rings is 1. The van der Waals surface area contributed by atoms with Crippen molar-refractivity contribution in [2.24, 2.45) is 0 Å². The van der Waals surface area contributed by atoms with Gasteiger partial charge in [-0.2, -0.15) is 0 Å². The Hall–Kier alpha value is -2.74. The van der Waals surface area contributed by atoms with Gasteiger partial charge in [-0.05, 0) is 56.2 Å². The zero-order chi connectivity index (χ0) is 20.5. The molecule has 4 heterocycles. The molecule has 1 amide bonds. The molecule has 1 aliphatic heterocycles. The van der Waals surface area contributed by atoms with Crippen LogP contribution in [0.4, 0.5) is 11.5 Å². The SMILES string of the molecule is O=C(CCc1nc2sc3c(c2c(=O)[nH]1)CCCC3)Nc1ccc(N2CCCC2)nc1. The molecule has 0 aromatic carbocycles. The molecule has 1 aliphatic carbocycles. The number of aromatic nitrogens is 3. The van der Waals surface area contributed by atoms with E-state index in [4.69, 9.17) is 0 Å². The molecule has 1 fully saturated rings. The van der Waals surface area contributed by atoms with E-state index in [0.29, 0.717) is 17.9 Å². The molecule has 7 nitrogen and oxygen atoms in total. The van der Waals surface area contributed by atoms with Gasteiger partial charge in [0.2, 0.25) is 5.91 Å². The molecule has 8 heteroatoms. The molecule has 2 N–H and O–H groups in total. The fraction of sp³-hybridized carbons (Fsp3) is 0.455. The molecule has 5 rings (SSSR count). The number of nitrogens with zero attached hydrogens (tertiary/aromatic N) is 3. The van der Waals surface area contributed by atoms with Crippen LogP contribution in [0.1, 0.15) is 48.4 Å². The first kappa shape index (κ1) is 19.2. The summed E-state index contributed by atoms with van der Waals surface area (Å²) < 4.78 is 0. The van der Waals surface area contributed by atoms with Crippen molar-refractivity contribution in [2.75, 3.05) is 23.3 Å². The first-order chi connectivity index (χ1) is 14.7. The van der Waals surface area contributed by atoms with Gasteiger partial charge in [0, 0.05) is 30.8 Å². The highest BCUT2D eigenvalue weighted by Gasteiger charge is 2.20. The Morgan fingerprint density at radius 3 is 2.80 bits per heavy atom. The number of anilines is 2. The third kappa shape index (κ3) is 3.84. The predicted octanol–water partition coefficient (Wildman–Crippen LogP) is 3.43. The summed E-state index contributed by atoms with van der Waals surface area (Å²) in [6, 6.07) is 3.84. The Morgan fingerprint density at radius 1 is 1.17 bits per heavy atom. The monoisotopic (exact) mass is 423 g/mol. The number of pyridine rings is 1. The van der Waals surface area contributed by atoms with Crippen LogP contribution in [0.15, 0.2) is 23.1 Å². The second-order valence-electron chi connectivity index (χ2n) is 8.05. The molecule has 0 saturated carbocycles. The molecule has 3 aromatic heterocycles. The number of hydrogen-bond donors (Lipinski definition) is 2. The van der Waals surface area contributed by atoms with Gasteiger partial charge in [-0.25, -0.2) is 9.97 Å². The van der Waals surface area contributed by atoms with Crippen molar-refractivity contribution in [1.29, 1.82) is 0 Å². The number of aryl methyl sites for hydroxylation is 3. The molecule has 0 radical (unpaired) electrons. The van der Waals surface area contributed by atoms with Gasteiger partial charge < -0.3 is 15.2 Å². The van der Waals surface area contributed by atoms with E-state index >= 15 is 0 Å². The number of carbonyl (C=O) groups is 1. The number of rotatable bonds is 5. The number of aromatic amines is 1. The highest BCUT2D eigenvalue weighted by Crippen LogP contribution is 2.33. The number of nitrogens with one attached hydrogen (secondary N) is 2. The topological polar surface area (TPSA) is 91.0 Å². The minimum Gasteiger partial charge on any atom is -0.357 e. The van der Waals surface area contributed by atoms with E-state index in [-0.39, 0.29) is 17.9 Å². The van der Waals surface area contributed by atoms with Gasteiger partial charge in [-0.3, -0.25) is 9.59 Å². The summed E-state index contributed by atoms with van der Waals surface area (Å²) in [5, 5.41) is 3.64. The maximum absolute atomic E-state index is 12.6. The van der Waals surface area contributed by atoms with Gasteiger partial charge in [-0.1, -0.05) is 0 Å². The van der Waals surface area contributed by atoms with Crippen LogP contribution in [0, 0.1) is 0 Å². The Kier molecular flexibility index (Phi) is 5.25.